The van der Waals surface area contributed by atoms with Crippen LogP contribution in [0.1, 0.15) is 37.0 Å². The lowest BCUT2D eigenvalue weighted by Crippen LogP contribution is -2.32. The number of primary amides is 1. The molecule has 33 heavy (non-hydrogen) atoms. The van der Waals surface area contributed by atoms with Gasteiger partial charge in [-0.05, 0) is 48.4 Å². The highest BCUT2D eigenvalue weighted by atomic mass is 16.5. The first-order valence-electron chi connectivity index (χ1n) is 10.9. The number of rotatable bonds is 5. The van der Waals surface area contributed by atoms with Crippen LogP contribution in [0.4, 0.5) is 10.6 Å². The zero-order chi connectivity index (χ0) is 24.0. The smallest absolute Gasteiger partial charge is 0.317 e. The number of carbonyl (C=O) groups is 1. The third kappa shape index (κ3) is 5.91. The maximum Gasteiger partial charge on any atom is 0.317 e. The molecule has 0 radical (unpaired) electrons. The molecule has 176 valence electrons. The number of nitrogens with zero attached hydrogens (tertiary/aromatic N) is 2. The Morgan fingerprint density at radius 1 is 1.21 bits per heavy atom. The number of ether oxygens (including phenoxy) is 1. The second kappa shape index (κ2) is 10.5. The zero-order valence-corrected chi connectivity index (χ0v) is 19.3. The Hall–Kier alpha value is -3.36. The van der Waals surface area contributed by atoms with Crippen LogP contribution < -0.4 is 15.8 Å². The lowest BCUT2D eigenvalue weighted by atomic mass is 9.72. The number of aliphatic hydroxyl groups excluding tert-OH is 2. The number of para-hydroxylation sites is 1. The normalized spacial score (nSPS) is 16.2. The van der Waals surface area contributed by atoms with Gasteiger partial charge in [-0.2, -0.15) is 0 Å². The van der Waals surface area contributed by atoms with Crippen molar-refractivity contribution in [3.8, 4) is 11.6 Å². The summed E-state index contributed by atoms with van der Waals surface area (Å²) in [5.74, 6) is 0.781. The molecule has 4 rings (SSSR count). The van der Waals surface area contributed by atoms with E-state index in [0.717, 1.165) is 18.5 Å². The number of hydrogen-bond donors (Lipinski definition) is 4. The van der Waals surface area contributed by atoms with Crippen LogP contribution in [0, 0.1) is 6.92 Å². The number of fused-ring (bicyclic) bond motifs is 1. The van der Waals surface area contributed by atoms with Gasteiger partial charge < -0.3 is 20.7 Å². The van der Waals surface area contributed by atoms with Crippen LogP contribution in [0.2, 0.25) is 0 Å². The molecule has 8 nitrogen and oxygen atoms in total. The predicted molar refractivity (Wildman–Crippen MR) is 128 cm³/mol. The summed E-state index contributed by atoms with van der Waals surface area (Å²) in [5, 5.41) is 25.3. The summed E-state index contributed by atoms with van der Waals surface area (Å²) < 4.78 is 6.87. The molecule has 2 aromatic carbocycles. The predicted octanol–water partition coefficient (Wildman–Crippen LogP) is 3.31. The number of aromatic nitrogens is 2. The van der Waals surface area contributed by atoms with Crippen molar-refractivity contribution < 1.29 is 19.7 Å². The summed E-state index contributed by atoms with van der Waals surface area (Å²) >= 11 is 0. The highest BCUT2D eigenvalue weighted by Gasteiger charge is 2.31. The number of carbonyl (C=O) groups excluding carboxylic acids is 1. The summed E-state index contributed by atoms with van der Waals surface area (Å²) in [7, 11) is 0. The molecule has 0 saturated heterocycles. The first-order valence-corrected chi connectivity index (χ1v) is 10.9. The topological polar surface area (TPSA) is 123 Å². The Balaban J connectivity index is 0.000000203. The van der Waals surface area contributed by atoms with Crippen LogP contribution in [0.15, 0.2) is 54.6 Å². The van der Waals surface area contributed by atoms with E-state index in [2.05, 4.69) is 42.5 Å². The Labute approximate surface area is 194 Å². The van der Waals surface area contributed by atoms with Crippen molar-refractivity contribution in [2.45, 2.75) is 45.1 Å². The van der Waals surface area contributed by atoms with Gasteiger partial charge in [-0.1, -0.05) is 56.3 Å². The van der Waals surface area contributed by atoms with E-state index in [9.17, 15) is 9.90 Å². The van der Waals surface area contributed by atoms with Gasteiger partial charge in [0, 0.05) is 0 Å². The van der Waals surface area contributed by atoms with Gasteiger partial charge in [0.2, 0.25) is 5.88 Å². The maximum absolute atomic E-state index is 11.1. The number of benzene rings is 2. The first kappa shape index (κ1) is 24.3. The number of nitrogens with two attached hydrogens (primary N) is 1. The van der Waals surface area contributed by atoms with Gasteiger partial charge in [0.05, 0.1) is 24.0 Å². The Morgan fingerprint density at radius 3 is 2.55 bits per heavy atom. The average molecular weight is 453 g/mol. The highest BCUT2D eigenvalue weighted by Crippen LogP contribution is 2.36. The minimum absolute atomic E-state index is 0.115. The molecule has 1 atom stereocenters. The highest BCUT2D eigenvalue weighted by molar-refractivity contribution is 5.88. The van der Waals surface area contributed by atoms with Crippen molar-refractivity contribution in [2.24, 2.45) is 5.73 Å². The summed E-state index contributed by atoms with van der Waals surface area (Å²) in [4.78, 5) is 11.1. The fourth-order valence-corrected chi connectivity index (χ4v) is 4.16. The third-order valence-electron chi connectivity index (χ3n) is 5.60. The van der Waals surface area contributed by atoms with Crippen molar-refractivity contribution in [3.63, 3.8) is 0 Å². The van der Waals surface area contributed by atoms with Crippen molar-refractivity contribution >= 4 is 11.8 Å². The molecular weight excluding hydrogens is 420 g/mol. The van der Waals surface area contributed by atoms with E-state index in [1.54, 1.807) is 6.92 Å². The van der Waals surface area contributed by atoms with Gasteiger partial charge in [-0.3, -0.25) is 5.32 Å². The first-order chi connectivity index (χ1) is 15.7. The number of anilines is 1. The molecule has 2 amide bonds. The Morgan fingerprint density at radius 2 is 1.88 bits per heavy atom. The monoisotopic (exact) mass is 452 g/mol. The molecular formula is C25H32N4O4. The second-order valence-electron chi connectivity index (χ2n) is 8.69. The molecule has 1 aliphatic carbocycles. The Bertz CT molecular complexity index is 1080. The van der Waals surface area contributed by atoms with E-state index in [0.29, 0.717) is 17.3 Å². The fraction of sp³-hybridized carbons (Fsp3) is 0.360. The summed E-state index contributed by atoms with van der Waals surface area (Å²) in [6, 6.07) is 17.0. The number of aliphatic hydroxyl groups is 2. The molecule has 0 bridgehead atoms. The third-order valence-corrected chi connectivity index (χ3v) is 5.60. The number of amides is 2. The van der Waals surface area contributed by atoms with Gasteiger partial charge >= 0.3 is 6.03 Å². The molecule has 0 spiro atoms. The van der Waals surface area contributed by atoms with Gasteiger partial charge in [0.15, 0.2) is 0 Å². The standard InChI is InChI=1S/C13H16N4O3.C12H16O/c1-9-11(15-13(14)19)17(10-5-3-2-4-6-10)16-12(9)20-8-7-18;1-12(2)8-10(13)7-9-5-3-4-6-11(9)12/h2-6,18H,7-8H2,1H3,(H3,14,15,19);3-6,10,13H,7-8H2,1-2H3. The minimum atomic E-state index is -0.682. The molecule has 8 heteroatoms. The molecule has 3 aromatic rings. The largest absolute Gasteiger partial charge is 0.474 e. The van der Waals surface area contributed by atoms with E-state index in [1.165, 1.54) is 15.8 Å². The number of hydrogen-bond acceptors (Lipinski definition) is 5. The van der Waals surface area contributed by atoms with Crippen LogP contribution >= 0.6 is 0 Å². The lowest BCUT2D eigenvalue weighted by molar-refractivity contribution is 0.128. The minimum Gasteiger partial charge on any atom is -0.474 e. The SMILES string of the molecule is CC1(C)CC(O)Cc2ccccc21.Cc1c(OCCO)nn(-c2ccccc2)c1NC(N)=O. The molecule has 5 N–H and O–H groups in total. The van der Waals surface area contributed by atoms with Gasteiger partial charge in [0.25, 0.3) is 0 Å². The fourth-order valence-electron chi connectivity index (χ4n) is 4.16. The summed E-state index contributed by atoms with van der Waals surface area (Å²) in [6.07, 6.45) is 1.54. The Kier molecular flexibility index (Phi) is 7.73. The molecule has 0 aliphatic heterocycles. The van der Waals surface area contributed by atoms with Crippen molar-refractivity contribution in [3.05, 3.63) is 71.3 Å². The zero-order valence-electron chi connectivity index (χ0n) is 19.3. The van der Waals surface area contributed by atoms with E-state index < -0.39 is 6.03 Å². The van der Waals surface area contributed by atoms with Crippen LogP contribution in [-0.2, 0) is 11.8 Å². The molecule has 1 aromatic heterocycles. The van der Waals surface area contributed by atoms with Gasteiger partial charge in [-0.15, -0.1) is 5.10 Å². The van der Waals surface area contributed by atoms with E-state index in [-0.39, 0.29) is 24.7 Å². The molecule has 0 fully saturated rings. The van der Waals surface area contributed by atoms with Gasteiger partial charge in [0.1, 0.15) is 12.4 Å². The lowest BCUT2D eigenvalue weighted by Gasteiger charge is -2.35. The van der Waals surface area contributed by atoms with E-state index in [1.807, 2.05) is 36.4 Å². The van der Waals surface area contributed by atoms with Crippen molar-refractivity contribution in [1.82, 2.24) is 9.78 Å². The van der Waals surface area contributed by atoms with Gasteiger partial charge in [-0.25, -0.2) is 9.48 Å². The summed E-state index contributed by atoms with van der Waals surface area (Å²) in [6.45, 7) is 6.17. The van der Waals surface area contributed by atoms with Crippen LogP contribution in [0.25, 0.3) is 5.69 Å². The quantitative estimate of drug-likeness (QED) is 0.473. The molecule has 1 unspecified atom stereocenters. The van der Waals surface area contributed by atoms with Crippen LogP contribution in [0.5, 0.6) is 5.88 Å². The average Bonchev–Trinajstić information content (AvgIpc) is 3.07. The van der Waals surface area contributed by atoms with Crippen LogP contribution in [0.3, 0.4) is 0 Å². The molecule has 1 heterocycles. The van der Waals surface area contributed by atoms with E-state index >= 15 is 0 Å². The maximum atomic E-state index is 11.1. The second-order valence-corrected chi connectivity index (χ2v) is 8.69. The van der Waals surface area contributed by atoms with Crippen molar-refractivity contribution in [2.75, 3.05) is 18.5 Å². The van der Waals surface area contributed by atoms with Crippen LogP contribution in [-0.4, -0.2) is 45.3 Å². The summed E-state index contributed by atoms with van der Waals surface area (Å²) in [5.41, 5.74) is 9.43. The van der Waals surface area contributed by atoms with Crippen molar-refractivity contribution in [1.29, 1.82) is 0 Å². The number of urea groups is 1. The van der Waals surface area contributed by atoms with E-state index in [4.69, 9.17) is 15.6 Å². The molecule has 0 saturated carbocycles. The molecule has 1 aliphatic rings. The number of nitrogens with one attached hydrogen (secondary N) is 1.